The molecule has 2 aliphatic heterocycles. The van der Waals surface area contributed by atoms with Gasteiger partial charge in [0.15, 0.2) is 0 Å². The summed E-state index contributed by atoms with van der Waals surface area (Å²) in [5.41, 5.74) is 0.553. The van der Waals surface area contributed by atoms with Crippen molar-refractivity contribution < 1.29 is 19.1 Å². The highest BCUT2D eigenvalue weighted by Gasteiger charge is 2.30. The Balaban J connectivity index is 1.47. The number of anilines is 1. The van der Waals surface area contributed by atoms with Gasteiger partial charge in [-0.2, -0.15) is 0 Å². The van der Waals surface area contributed by atoms with Crippen molar-refractivity contribution in [2.24, 2.45) is 0 Å². The number of nitrogens with one attached hydrogen (secondary N) is 1. The number of hydrogen-bond acceptors (Lipinski definition) is 5. The minimum absolute atomic E-state index is 0.0789. The Kier molecular flexibility index (Phi) is 6.34. The van der Waals surface area contributed by atoms with E-state index < -0.39 is 0 Å². The predicted octanol–water partition coefficient (Wildman–Crippen LogP) is 1.61. The number of hydrogen-bond donors (Lipinski definition) is 1. The monoisotopic (exact) mass is 381 g/mol. The normalized spacial score (nSPS) is 20.8. The molecular weight excluding hydrogens is 358 g/mol. The number of nitrogens with zero attached hydrogens (tertiary/aromatic N) is 2. The molecule has 2 heterocycles. The van der Waals surface area contributed by atoms with Crippen LogP contribution in [0.15, 0.2) is 18.2 Å². The zero-order chi connectivity index (χ0) is 18.5. The lowest BCUT2D eigenvalue weighted by molar-refractivity contribution is -0.142. The second-order valence-electron chi connectivity index (χ2n) is 6.50. The molecule has 8 heteroatoms. The van der Waals surface area contributed by atoms with Gasteiger partial charge < -0.3 is 19.7 Å². The molecular formula is C18H24ClN3O4. The van der Waals surface area contributed by atoms with Gasteiger partial charge in [0.25, 0.3) is 5.91 Å². The molecule has 0 saturated carbocycles. The van der Waals surface area contributed by atoms with E-state index >= 15 is 0 Å². The Morgan fingerprint density at radius 2 is 2.08 bits per heavy atom. The minimum Gasteiger partial charge on any atom is -0.495 e. The lowest BCUT2D eigenvalue weighted by atomic mass is 10.2. The van der Waals surface area contributed by atoms with Crippen molar-refractivity contribution in [3.8, 4) is 5.75 Å². The summed E-state index contributed by atoms with van der Waals surface area (Å²) in [6.45, 7) is 3.50. The molecule has 26 heavy (non-hydrogen) atoms. The van der Waals surface area contributed by atoms with Crippen LogP contribution in [0.1, 0.15) is 12.8 Å². The van der Waals surface area contributed by atoms with Crippen LogP contribution < -0.4 is 10.1 Å². The van der Waals surface area contributed by atoms with Crippen molar-refractivity contribution in [3.05, 3.63) is 23.2 Å². The smallest absolute Gasteiger partial charge is 0.251 e. The molecule has 1 aromatic rings. The third-order valence-electron chi connectivity index (χ3n) is 4.69. The van der Waals surface area contributed by atoms with Gasteiger partial charge in [0.1, 0.15) is 11.9 Å². The maximum Gasteiger partial charge on any atom is 0.251 e. The van der Waals surface area contributed by atoms with E-state index in [9.17, 15) is 9.59 Å². The number of benzene rings is 1. The van der Waals surface area contributed by atoms with Crippen molar-refractivity contribution in [2.45, 2.75) is 18.9 Å². The third kappa shape index (κ3) is 4.66. The summed E-state index contributed by atoms with van der Waals surface area (Å²) in [6, 6.07) is 5.09. The van der Waals surface area contributed by atoms with Gasteiger partial charge in [-0.05, 0) is 31.0 Å². The first-order valence-electron chi connectivity index (χ1n) is 8.83. The van der Waals surface area contributed by atoms with Crippen LogP contribution in [0.25, 0.3) is 0 Å². The Bertz CT molecular complexity index is 656. The highest BCUT2D eigenvalue weighted by atomic mass is 35.5. The first kappa shape index (κ1) is 18.9. The van der Waals surface area contributed by atoms with Gasteiger partial charge in [0.05, 0.1) is 19.3 Å². The molecule has 2 aliphatic rings. The Labute approximate surface area is 158 Å². The summed E-state index contributed by atoms with van der Waals surface area (Å²) in [6.07, 6.45) is 1.48. The average Bonchev–Trinajstić information content (AvgIpc) is 3.16. The molecule has 3 rings (SSSR count). The second-order valence-corrected chi connectivity index (χ2v) is 6.93. The van der Waals surface area contributed by atoms with Crippen molar-refractivity contribution in [2.75, 3.05) is 51.8 Å². The van der Waals surface area contributed by atoms with Gasteiger partial charge in [-0.1, -0.05) is 11.6 Å². The number of halogens is 1. The van der Waals surface area contributed by atoms with Crippen LogP contribution in [0.3, 0.4) is 0 Å². The summed E-state index contributed by atoms with van der Waals surface area (Å²) in [7, 11) is 1.54. The number of carbonyl (C=O) groups is 2. The van der Waals surface area contributed by atoms with E-state index in [2.05, 4.69) is 5.32 Å². The number of rotatable bonds is 5. The molecule has 2 saturated heterocycles. The molecule has 142 valence electrons. The standard InChI is InChI=1S/C18H24ClN3O4/c1-25-15-5-4-13(19)11-14(15)20-17(23)12-21-6-8-22(9-7-21)18(24)16-3-2-10-26-16/h4-5,11,16H,2-3,6-10,12H2,1H3,(H,20,23). The Morgan fingerprint density at radius 3 is 2.73 bits per heavy atom. The fourth-order valence-electron chi connectivity index (χ4n) is 3.27. The molecule has 0 bridgehead atoms. The van der Waals surface area contributed by atoms with Gasteiger partial charge >= 0.3 is 0 Å². The molecule has 0 spiro atoms. The van der Waals surface area contributed by atoms with Gasteiger partial charge in [0.2, 0.25) is 5.91 Å². The largest absolute Gasteiger partial charge is 0.495 e. The molecule has 0 radical (unpaired) electrons. The van der Waals surface area contributed by atoms with Crippen LogP contribution in [0.5, 0.6) is 5.75 Å². The van der Waals surface area contributed by atoms with Crippen LogP contribution in [0, 0.1) is 0 Å². The van der Waals surface area contributed by atoms with E-state index in [0.717, 1.165) is 12.8 Å². The lowest BCUT2D eigenvalue weighted by Crippen LogP contribution is -2.52. The third-order valence-corrected chi connectivity index (χ3v) is 4.93. The lowest BCUT2D eigenvalue weighted by Gasteiger charge is -2.35. The van der Waals surface area contributed by atoms with Gasteiger partial charge in [-0.15, -0.1) is 0 Å². The van der Waals surface area contributed by atoms with E-state index in [0.29, 0.717) is 49.2 Å². The molecule has 2 fully saturated rings. The van der Waals surface area contributed by atoms with E-state index in [1.165, 1.54) is 0 Å². The van der Waals surface area contributed by atoms with Gasteiger partial charge in [-0.25, -0.2) is 0 Å². The van der Waals surface area contributed by atoms with Crippen LogP contribution in [0.4, 0.5) is 5.69 Å². The highest BCUT2D eigenvalue weighted by molar-refractivity contribution is 6.31. The van der Waals surface area contributed by atoms with Crippen LogP contribution in [0.2, 0.25) is 5.02 Å². The number of methoxy groups -OCH3 is 1. The van der Waals surface area contributed by atoms with E-state index in [-0.39, 0.29) is 24.5 Å². The highest BCUT2D eigenvalue weighted by Crippen LogP contribution is 2.27. The molecule has 1 N–H and O–H groups in total. The molecule has 0 aliphatic carbocycles. The van der Waals surface area contributed by atoms with Gasteiger partial charge in [-0.3, -0.25) is 14.5 Å². The minimum atomic E-state index is -0.278. The maximum absolute atomic E-state index is 12.3. The number of carbonyl (C=O) groups excluding carboxylic acids is 2. The van der Waals surface area contributed by atoms with Gasteiger partial charge in [0, 0.05) is 37.8 Å². The fourth-order valence-corrected chi connectivity index (χ4v) is 3.45. The first-order valence-corrected chi connectivity index (χ1v) is 9.21. The summed E-state index contributed by atoms with van der Waals surface area (Å²) >= 11 is 5.98. The number of ether oxygens (including phenoxy) is 2. The molecule has 0 aromatic heterocycles. The van der Waals surface area contributed by atoms with Crippen LogP contribution in [-0.2, 0) is 14.3 Å². The van der Waals surface area contributed by atoms with Crippen LogP contribution in [-0.4, -0.2) is 74.2 Å². The van der Waals surface area contributed by atoms with E-state index in [4.69, 9.17) is 21.1 Å². The van der Waals surface area contributed by atoms with E-state index in [1.54, 1.807) is 25.3 Å². The fraction of sp³-hybridized carbons (Fsp3) is 0.556. The zero-order valence-electron chi connectivity index (χ0n) is 14.9. The quantitative estimate of drug-likeness (QED) is 0.839. The summed E-state index contributed by atoms with van der Waals surface area (Å²) in [5, 5.41) is 3.37. The van der Waals surface area contributed by atoms with Crippen molar-refractivity contribution >= 4 is 29.1 Å². The SMILES string of the molecule is COc1ccc(Cl)cc1NC(=O)CN1CCN(C(=O)C2CCCO2)CC1. The van der Waals surface area contributed by atoms with Crippen LogP contribution >= 0.6 is 11.6 Å². The van der Waals surface area contributed by atoms with Crippen molar-refractivity contribution in [3.63, 3.8) is 0 Å². The molecule has 2 amide bonds. The number of piperazine rings is 1. The van der Waals surface area contributed by atoms with Crippen molar-refractivity contribution in [1.82, 2.24) is 9.80 Å². The Hall–Kier alpha value is -1.83. The number of amides is 2. The zero-order valence-corrected chi connectivity index (χ0v) is 15.6. The predicted molar refractivity (Wildman–Crippen MR) is 98.6 cm³/mol. The Morgan fingerprint density at radius 1 is 1.31 bits per heavy atom. The summed E-state index contributed by atoms with van der Waals surface area (Å²) in [4.78, 5) is 28.6. The van der Waals surface area contributed by atoms with Crippen molar-refractivity contribution in [1.29, 1.82) is 0 Å². The summed E-state index contributed by atoms with van der Waals surface area (Å²) in [5.74, 6) is 0.509. The maximum atomic E-state index is 12.3. The van der Waals surface area contributed by atoms with E-state index in [1.807, 2.05) is 9.80 Å². The molecule has 7 nitrogen and oxygen atoms in total. The molecule has 1 unspecified atom stereocenters. The summed E-state index contributed by atoms with van der Waals surface area (Å²) < 4.78 is 10.7. The topological polar surface area (TPSA) is 71.1 Å². The second kappa shape index (κ2) is 8.70. The molecule has 1 atom stereocenters. The molecule has 1 aromatic carbocycles. The average molecular weight is 382 g/mol. The first-order chi connectivity index (χ1) is 12.6.